The van der Waals surface area contributed by atoms with Gasteiger partial charge in [0.1, 0.15) is 6.07 Å². The van der Waals surface area contributed by atoms with Crippen LogP contribution in [0.25, 0.3) is 5.69 Å². The molecule has 3 N–H and O–H groups in total. The Morgan fingerprint density at radius 1 is 1.45 bits per heavy atom. The van der Waals surface area contributed by atoms with Crippen molar-refractivity contribution in [1.29, 1.82) is 5.26 Å². The number of carbonyl (C=O) groups is 2. The van der Waals surface area contributed by atoms with E-state index in [0.29, 0.717) is 5.69 Å². The summed E-state index contributed by atoms with van der Waals surface area (Å²) in [6.45, 7) is 0. The molecule has 1 aromatic carbocycles. The lowest BCUT2D eigenvalue weighted by atomic mass is 10.2. The van der Waals surface area contributed by atoms with Gasteiger partial charge >= 0.3 is 11.9 Å². The lowest BCUT2D eigenvalue weighted by molar-refractivity contribution is 0.0592. The molecule has 112 valence electrons. The van der Waals surface area contributed by atoms with Gasteiger partial charge in [0.05, 0.1) is 34.1 Å². The average molecular weight is 364 g/mol. The van der Waals surface area contributed by atoms with E-state index in [2.05, 4.69) is 20.7 Å². The summed E-state index contributed by atoms with van der Waals surface area (Å²) >= 11 is 3.20. The van der Waals surface area contributed by atoms with Gasteiger partial charge in [-0.25, -0.2) is 9.59 Å². The molecule has 2 aromatic rings. The van der Waals surface area contributed by atoms with Gasteiger partial charge in [0, 0.05) is 6.20 Å². The zero-order valence-corrected chi connectivity index (χ0v) is 12.9. The van der Waals surface area contributed by atoms with Gasteiger partial charge in [-0.2, -0.15) is 5.26 Å². The second-order valence-corrected chi connectivity index (χ2v) is 5.02. The van der Waals surface area contributed by atoms with Crippen LogP contribution in [-0.4, -0.2) is 28.7 Å². The monoisotopic (exact) mass is 363 g/mol. The molecule has 0 radical (unpaired) electrons. The number of esters is 1. The minimum Gasteiger partial charge on any atom is -0.478 e. The topological polar surface area (TPSA) is 118 Å². The second-order valence-electron chi connectivity index (χ2n) is 4.22. The fourth-order valence-corrected chi connectivity index (χ4v) is 2.60. The van der Waals surface area contributed by atoms with Gasteiger partial charge in [0.25, 0.3) is 0 Å². The van der Waals surface area contributed by atoms with Crippen LogP contribution in [0.4, 0.5) is 5.69 Å². The SMILES string of the molecule is COC(=O)c1c(N)c(C#N)cn1-c1cccc(C(=O)O)c1Br. The van der Waals surface area contributed by atoms with Crippen molar-refractivity contribution in [1.82, 2.24) is 4.57 Å². The van der Waals surface area contributed by atoms with Crippen LogP contribution in [0, 0.1) is 11.3 Å². The largest absolute Gasteiger partial charge is 0.478 e. The number of methoxy groups -OCH3 is 1. The lowest BCUT2D eigenvalue weighted by Crippen LogP contribution is -2.12. The highest BCUT2D eigenvalue weighted by molar-refractivity contribution is 9.10. The Balaban J connectivity index is 2.79. The molecule has 0 fully saturated rings. The van der Waals surface area contributed by atoms with Gasteiger partial charge in [-0.1, -0.05) is 6.07 Å². The zero-order valence-electron chi connectivity index (χ0n) is 11.3. The van der Waals surface area contributed by atoms with E-state index < -0.39 is 11.9 Å². The molecule has 0 saturated carbocycles. The number of hydrogen-bond donors (Lipinski definition) is 2. The van der Waals surface area contributed by atoms with Crippen molar-refractivity contribution in [2.24, 2.45) is 0 Å². The maximum absolute atomic E-state index is 11.9. The van der Waals surface area contributed by atoms with E-state index in [1.165, 1.54) is 30.0 Å². The number of carboxylic acids is 1. The molecular formula is C14H10BrN3O4. The Morgan fingerprint density at radius 3 is 2.68 bits per heavy atom. The quantitative estimate of drug-likeness (QED) is 0.806. The van der Waals surface area contributed by atoms with Gasteiger partial charge in [0.2, 0.25) is 0 Å². The van der Waals surface area contributed by atoms with Crippen LogP contribution in [-0.2, 0) is 4.74 Å². The van der Waals surface area contributed by atoms with E-state index in [0.717, 1.165) is 0 Å². The number of nitrogens with zero attached hydrogens (tertiary/aromatic N) is 2. The van der Waals surface area contributed by atoms with Crippen LogP contribution in [0.2, 0.25) is 0 Å². The predicted molar refractivity (Wildman–Crippen MR) is 80.9 cm³/mol. The van der Waals surface area contributed by atoms with Crippen molar-refractivity contribution >= 4 is 33.6 Å². The van der Waals surface area contributed by atoms with Crippen LogP contribution in [0.5, 0.6) is 0 Å². The number of ether oxygens (including phenoxy) is 1. The van der Waals surface area contributed by atoms with Crippen LogP contribution < -0.4 is 5.73 Å². The number of rotatable bonds is 3. The highest BCUT2D eigenvalue weighted by atomic mass is 79.9. The number of carboxylic acid groups (broad SMARTS) is 1. The van der Waals surface area contributed by atoms with Crippen molar-refractivity contribution < 1.29 is 19.4 Å². The fraction of sp³-hybridized carbons (Fsp3) is 0.0714. The molecule has 0 atom stereocenters. The van der Waals surface area contributed by atoms with Gasteiger partial charge in [-0.3, -0.25) is 0 Å². The van der Waals surface area contributed by atoms with Crippen LogP contribution in [0.1, 0.15) is 26.4 Å². The molecule has 0 aliphatic heterocycles. The molecule has 0 spiro atoms. The van der Waals surface area contributed by atoms with Crippen molar-refractivity contribution in [3.63, 3.8) is 0 Å². The van der Waals surface area contributed by atoms with Crippen molar-refractivity contribution in [3.8, 4) is 11.8 Å². The summed E-state index contributed by atoms with van der Waals surface area (Å²) in [5, 5.41) is 18.2. The summed E-state index contributed by atoms with van der Waals surface area (Å²) in [5.41, 5.74) is 6.19. The third kappa shape index (κ3) is 2.42. The Labute approximate surface area is 133 Å². The smallest absolute Gasteiger partial charge is 0.357 e. The molecule has 0 saturated heterocycles. The molecule has 2 rings (SSSR count). The van der Waals surface area contributed by atoms with Gasteiger partial charge < -0.3 is 20.1 Å². The number of aromatic nitrogens is 1. The van der Waals surface area contributed by atoms with E-state index in [1.807, 2.05) is 6.07 Å². The fourth-order valence-electron chi connectivity index (χ4n) is 1.98. The summed E-state index contributed by atoms with van der Waals surface area (Å²) in [7, 11) is 1.19. The first-order valence-electron chi connectivity index (χ1n) is 5.93. The summed E-state index contributed by atoms with van der Waals surface area (Å²) in [4.78, 5) is 23.1. The molecule has 0 aliphatic carbocycles. The minimum absolute atomic E-state index is 0.0131. The predicted octanol–water partition coefficient (Wildman–Crippen LogP) is 2.18. The second kappa shape index (κ2) is 5.91. The summed E-state index contributed by atoms with van der Waals surface area (Å²) in [5.74, 6) is -1.86. The van der Waals surface area contributed by atoms with E-state index in [-0.39, 0.29) is 27.0 Å². The van der Waals surface area contributed by atoms with Crippen LogP contribution in [0.15, 0.2) is 28.9 Å². The number of aromatic carboxylic acids is 1. The van der Waals surface area contributed by atoms with Crippen LogP contribution in [0.3, 0.4) is 0 Å². The highest BCUT2D eigenvalue weighted by Gasteiger charge is 2.23. The van der Waals surface area contributed by atoms with Crippen molar-refractivity contribution in [3.05, 3.63) is 45.7 Å². The Hall–Kier alpha value is -2.79. The van der Waals surface area contributed by atoms with Gasteiger partial charge in [-0.05, 0) is 28.1 Å². The van der Waals surface area contributed by atoms with E-state index in [1.54, 1.807) is 6.07 Å². The normalized spacial score (nSPS) is 10.0. The number of anilines is 1. The maximum Gasteiger partial charge on any atom is 0.357 e. The summed E-state index contributed by atoms with van der Waals surface area (Å²) in [6.07, 6.45) is 1.35. The Bertz CT molecular complexity index is 820. The minimum atomic E-state index is -1.13. The number of carbonyl (C=O) groups excluding carboxylic acids is 1. The van der Waals surface area contributed by atoms with E-state index >= 15 is 0 Å². The third-order valence-corrected chi connectivity index (χ3v) is 3.85. The number of hydrogen-bond acceptors (Lipinski definition) is 5. The van der Waals surface area contributed by atoms with E-state index in [4.69, 9.17) is 16.1 Å². The zero-order chi connectivity index (χ0) is 16.4. The van der Waals surface area contributed by atoms with Gasteiger partial charge in [-0.15, -0.1) is 0 Å². The van der Waals surface area contributed by atoms with Crippen molar-refractivity contribution in [2.45, 2.75) is 0 Å². The number of benzene rings is 1. The molecule has 1 heterocycles. The first-order chi connectivity index (χ1) is 10.4. The first kappa shape index (κ1) is 15.6. The lowest BCUT2D eigenvalue weighted by Gasteiger charge is -2.11. The maximum atomic E-state index is 11.9. The average Bonchev–Trinajstić information content (AvgIpc) is 2.83. The van der Waals surface area contributed by atoms with Crippen LogP contribution >= 0.6 is 15.9 Å². The molecule has 0 amide bonds. The van der Waals surface area contributed by atoms with Crippen molar-refractivity contribution in [2.75, 3.05) is 12.8 Å². The Kier molecular flexibility index (Phi) is 4.19. The summed E-state index contributed by atoms with van der Waals surface area (Å²) < 4.78 is 6.26. The Morgan fingerprint density at radius 2 is 2.14 bits per heavy atom. The standard InChI is InChI=1S/C14H10BrN3O4/c1-22-14(21)12-11(17)7(5-16)6-18(12)9-4-2-3-8(10(9)15)13(19)20/h2-4,6H,17H2,1H3,(H,19,20). The molecule has 22 heavy (non-hydrogen) atoms. The third-order valence-electron chi connectivity index (χ3n) is 3.01. The molecular weight excluding hydrogens is 354 g/mol. The molecule has 0 bridgehead atoms. The summed E-state index contributed by atoms with van der Waals surface area (Å²) in [6, 6.07) is 6.39. The number of nitriles is 1. The molecule has 7 nitrogen and oxygen atoms in total. The molecule has 8 heteroatoms. The molecule has 0 aliphatic rings. The highest BCUT2D eigenvalue weighted by Crippen LogP contribution is 2.30. The number of nitrogens with two attached hydrogens (primary N) is 1. The number of nitrogen functional groups attached to an aromatic ring is 1. The number of halogens is 1. The first-order valence-corrected chi connectivity index (χ1v) is 6.73. The molecule has 0 unspecified atom stereocenters. The van der Waals surface area contributed by atoms with E-state index in [9.17, 15) is 9.59 Å². The molecule has 1 aromatic heterocycles. The van der Waals surface area contributed by atoms with Gasteiger partial charge in [0.15, 0.2) is 5.69 Å².